The Hall–Kier alpha value is -1.40. The molecular formula is C16H23BN2O3. The SMILES string of the molecule is CC1(C)OB(c2cnccc2N2CCCCC2=O)OC1(C)C. The van der Waals surface area contributed by atoms with E-state index in [1.165, 1.54) is 0 Å². The van der Waals surface area contributed by atoms with Crippen LogP contribution in [-0.4, -0.2) is 35.8 Å². The first kappa shape index (κ1) is 15.5. The van der Waals surface area contributed by atoms with Gasteiger partial charge in [-0.05, 0) is 46.6 Å². The van der Waals surface area contributed by atoms with Gasteiger partial charge in [0.2, 0.25) is 5.91 Å². The van der Waals surface area contributed by atoms with Crippen molar-refractivity contribution in [2.75, 3.05) is 11.4 Å². The van der Waals surface area contributed by atoms with E-state index in [1.807, 2.05) is 38.7 Å². The molecule has 22 heavy (non-hydrogen) atoms. The van der Waals surface area contributed by atoms with Gasteiger partial charge in [0.1, 0.15) is 0 Å². The number of anilines is 1. The summed E-state index contributed by atoms with van der Waals surface area (Å²) in [6.45, 7) is 8.84. The second kappa shape index (κ2) is 5.35. The number of hydrogen-bond acceptors (Lipinski definition) is 4. The lowest BCUT2D eigenvalue weighted by atomic mass is 9.78. The quantitative estimate of drug-likeness (QED) is 0.783. The van der Waals surface area contributed by atoms with Crippen LogP contribution in [0.2, 0.25) is 0 Å². The molecule has 0 aromatic carbocycles. The average molecular weight is 302 g/mol. The van der Waals surface area contributed by atoms with Crippen molar-refractivity contribution in [1.29, 1.82) is 0 Å². The van der Waals surface area contributed by atoms with Gasteiger partial charge in [-0.3, -0.25) is 9.78 Å². The van der Waals surface area contributed by atoms with Crippen molar-refractivity contribution in [3.05, 3.63) is 18.5 Å². The smallest absolute Gasteiger partial charge is 0.399 e. The summed E-state index contributed by atoms with van der Waals surface area (Å²) in [6, 6.07) is 1.88. The van der Waals surface area contributed by atoms with Gasteiger partial charge in [0.05, 0.1) is 11.2 Å². The van der Waals surface area contributed by atoms with Gasteiger partial charge < -0.3 is 14.2 Å². The third-order valence-electron chi connectivity index (χ3n) is 4.95. The van der Waals surface area contributed by atoms with Crippen LogP contribution in [0.5, 0.6) is 0 Å². The van der Waals surface area contributed by atoms with Crippen LogP contribution in [0, 0.1) is 0 Å². The summed E-state index contributed by atoms with van der Waals surface area (Å²) >= 11 is 0. The fourth-order valence-electron chi connectivity index (χ4n) is 2.86. The molecule has 0 saturated carbocycles. The summed E-state index contributed by atoms with van der Waals surface area (Å²) in [5.41, 5.74) is 0.877. The second-order valence-electron chi connectivity index (χ2n) is 7.03. The Bertz CT molecular complexity index is 573. The standard InChI is InChI=1S/C16H23BN2O3/c1-15(2)16(3,4)22-17(21-15)12-11-18-9-8-13(12)19-10-6-5-7-14(19)20/h8-9,11H,5-7,10H2,1-4H3. The lowest BCUT2D eigenvalue weighted by molar-refractivity contribution is -0.119. The zero-order valence-corrected chi connectivity index (χ0v) is 13.8. The van der Waals surface area contributed by atoms with E-state index in [-0.39, 0.29) is 5.91 Å². The van der Waals surface area contributed by atoms with Gasteiger partial charge in [-0.1, -0.05) is 0 Å². The largest absolute Gasteiger partial charge is 0.498 e. The van der Waals surface area contributed by atoms with Crippen molar-refractivity contribution in [2.24, 2.45) is 0 Å². The maximum Gasteiger partial charge on any atom is 0.498 e. The molecule has 0 spiro atoms. The highest BCUT2D eigenvalue weighted by molar-refractivity contribution is 6.64. The minimum absolute atomic E-state index is 0.162. The van der Waals surface area contributed by atoms with Crippen molar-refractivity contribution in [1.82, 2.24) is 4.98 Å². The number of piperidine rings is 1. The van der Waals surface area contributed by atoms with Crippen LogP contribution in [0.3, 0.4) is 0 Å². The van der Waals surface area contributed by atoms with Crippen molar-refractivity contribution in [2.45, 2.75) is 58.2 Å². The molecule has 5 nitrogen and oxygen atoms in total. The number of nitrogens with zero attached hydrogens (tertiary/aromatic N) is 2. The molecule has 0 aliphatic carbocycles. The highest BCUT2D eigenvalue weighted by Gasteiger charge is 2.52. The molecule has 3 heterocycles. The fourth-order valence-corrected chi connectivity index (χ4v) is 2.86. The number of pyridine rings is 1. The van der Waals surface area contributed by atoms with Gasteiger partial charge in [0.25, 0.3) is 0 Å². The van der Waals surface area contributed by atoms with Crippen molar-refractivity contribution < 1.29 is 14.1 Å². The van der Waals surface area contributed by atoms with Crippen molar-refractivity contribution >= 4 is 24.2 Å². The molecular weight excluding hydrogens is 279 g/mol. The van der Waals surface area contributed by atoms with E-state index in [1.54, 1.807) is 12.4 Å². The number of hydrogen-bond donors (Lipinski definition) is 0. The Morgan fingerprint density at radius 1 is 1.18 bits per heavy atom. The number of rotatable bonds is 2. The molecule has 0 radical (unpaired) electrons. The van der Waals surface area contributed by atoms with E-state index in [2.05, 4.69) is 4.98 Å². The molecule has 2 saturated heterocycles. The highest BCUT2D eigenvalue weighted by Crippen LogP contribution is 2.37. The van der Waals surface area contributed by atoms with E-state index in [9.17, 15) is 4.79 Å². The summed E-state index contributed by atoms with van der Waals surface area (Å²) in [4.78, 5) is 18.3. The molecule has 0 bridgehead atoms. The molecule has 6 heteroatoms. The molecule has 1 aromatic heterocycles. The first-order valence-corrected chi connectivity index (χ1v) is 7.92. The lowest BCUT2D eigenvalue weighted by Crippen LogP contribution is -2.43. The maximum atomic E-state index is 12.2. The average Bonchev–Trinajstić information content (AvgIpc) is 2.68. The Morgan fingerprint density at radius 3 is 2.50 bits per heavy atom. The van der Waals surface area contributed by atoms with Crippen LogP contribution in [-0.2, 0) is 14.1 Å². The van der Waals surface area contributed by atoms with Crippen molar-refractivity contribution in [3.8, 4) is 0 Å². The molecule has 0 atom stereocenters. The topological polar surface area (TPSA) is 51.7 Å². The van der Waals surface area contributed by atoms with Gasteiger partial charge in [0.15, 0.2) is 0 Å². The molecule has 3 rings (SSSR count). The lowest BCUT2D eigenvalue weighted by Gasteiger charge is -2.32. The summed E-state index contributed by atoms with van der Waals surface area (Å²) < 4.78 is 12.2. The highest BCUT2D eigenvalue weighted by atomic mass is 16.7. The Kier molecular flexibility index (Phi) is 3.77. The Balaban J connectivity index is 1.94. The van der Waals surface area contributed by atoms with Gasteiger partial charge in [-0.25, -0.2) is 0 Å². The van der Waals surface area contributed by atoms with Crippen LogP contribution < -0.4 is 10.4 Å². The van der Waals surface area contributed by atoms with E-state index >= 15 is 0 Å². The second-order valence-corrected chi connectivity index (χ2v) is 7.03. The van der Waals surface area contributed by atoms with E-state index < -0.39 is 18.3 Å². The van der Waals surface area contributed by atoms with Crippen LogP contribution in [0.4, 0.5) is 5.69 Å². The third kappa shape index (κ3) is 2.54. The summed E-state index contributed by atoms with van der Waals surface area (Å²) in [6.07, 6.45) is 6.06. The molecule has 1 aromatic rings. The number of aromatic nitrogens is 1. The van der Waals surface area contributed by atoms with Crippen LogP contribution in [0.25, 0.3) is 0 Å². The summed E-state index contributed by atoms with van der Waals surface area (Å²) in [7, 11) is -0.497. The zero-order chi connectivity index (χ0) is 16.0. The molecule has 2 fully saturated rings. The Morgan fingerprint density at radius 2 is 1.86 bits per heavy atom. The molecule has 0 N–H and O–H groups in total. The predicted octanol–water partition coefficient (Wildman–Crippen LogP) is 1.90. The van der Waals surface area contributed by atoms with E-state index in [0.717, 1.165) is 30.5 Å². The number of carbonyl (C=O) groups excluding carboxylic acids is 1. The van der Waals surface area contributed by atoms with Crippen LogP contribution in [0.15, 0.2) is 18.5 Å². The fraction of sp³-hybridized carbons (Fsp3) is 0.625. The molecule has 0 unspecified atom stereocenters. The summed E-state index contributed by atoms with van der Waals surface area (Å²) in [5.74, 6) is 0.162. The van der Waals surface area contributed by atoms with E-state index in [0.29, 0.717) is 6.42 Å². The van der Waals surface area contributed by atoms with Gasteiger partial charge in [0, 0.05) is 36.5 Å². The molecule has 118 valence electrons. The number of amides is 1. The third-order valence-corrected chi connectivity index (χ3v) is 4.95. The minimum atomic E-state index is -0.497. The molecule has 2 aliphatic heterocycles. The minimum Gasteiger partial charge on any atom is -0.399 e. The first-order chi connectivity index (χ1) is 10.3. The maximum absolute atomic E-state index is 12.2. The van der Waals surface area contributed by atoms with Crippen LogP contribution in [0.1, 0.15) is 47.0 Å². The van der Waals surface area contributed by atoms with E-state index in [4.69, 9.17) is 9.31 Å². The Labute approximate surface area is 132 Å². The predicted molar refractivity (Wildman–Crippen MR) is 86.2 cm³/mol. The molecule has 2 aliphatic rings. The van der Waals surface area contributed by atoms with Crippen LogP contribution >= 0.6 is 0 Å². The number of carbonyl (C=O) groups is 1. The summed E-state index contributed by atoms with van der Waals surface area (Å²) in [5, 5.41) is 0. The first-order valence-electron chi connectivity index (χ1n) is 7.92. The van der Waals surface area contributed by atoms with Gasteiger partial charge >= 0.3 is 7.12 Å². The normalized spacial score (nSPS) is 23.9. The monoisotopic (exact) mass is 302 g/mol. The van der Waals surface area contributed by atoms with Gasteiger partial charge in [-0.15, -0.1) is 0 Å². The van der Waals surface area contributed by atoms with Crippen molar-refractivity contribution in [3.63, 3.8) is 0 Å². The zero-order valence-electron chi connectivity index (χ0n) is 13.8. The molecule has 1 amide bonds. The van der Waals surface area contributed by atoms with Gasteiger partial charge in [-0.2, -0.15) is 0 Å².